The monoisotopic (exact) mass is 388 g/mol. The third-order valence-electron chi connectivity index (χ3n) is 3.93. The van der Waals surface area contributed by atoms with Gasteiger partial charge in [-0.3, -0.25) is 9.59 Å². The molecule has 0 aliphatic carbocycles. The van der Waals surface area contributed by atoms with Gasteiger partial charge in [-0.1, -0.05) is 37.6 Å². The van der Waals surface area contributed by atoms with Gasteiger partial charge in [-0.05, 0) is 55.8 Å². The smallest absolute Gasteiger partial charge is 0.263 e. The zero-order valence-electron chi connectivity index (χ0n) is 16.0. The molecule has 0 spiro atoms. The Morgan fingerprint density at radius 2 is 1.63 bits per heavy atom. The maximum absolute atomic E-state index is 12.5. The van der Waals surface area contributed by atoms with E-state index >= 15 is 0 Å². The molecule has 0 saturated carbocycles. The van der Waals surface area contributed by atoms with Gasteiger partial charge >= 0.3 is 0 Å². The number of carbonyl (C=O) groups excluding carboxylic acids is 2. The molecule has 0 aliphatic rings. The summed E-state index contributed by atoms with van der Waals surface area (Å²) < 4.78 is 5.77. The summed E-state index contributed by atoms with van der Waals surface area (Å²) in [6, 6.07) is 14.2. The average Bonchev–Trinajstić information content (AvgIpc) is 2.62. The third-order valence-corrected chi connectivity index (χ3v) is 4.18. The molecular formula is C21H25ClN2O3. The highest BCUT2D eigenvalue weighted by atomic mass is 35.5. The number of anilines is 1. The first-order valence-electron chi connectivity index (χ1n) is 8.80. The van der Waals surface area contributed by atoms with Crippen LogP contribution in [-0.4, -0.2) is 17.4 Å². The quantitative estimate of drug-likeness (QED) is 0.738. The highest BCUT2D eigenvalue weighted by Gasteiger charge is 2.29. The van der Waals surface area contributed by atoms with Crippen molar-refractivity contribution in [1.29, 1.82) is 0 Å². The van der Waals surface area contributed by atoms with E-state index in [1.54, 1.807) is 38.1 Å². The zero-order chi connectivity index (χ0) is 20.0. The Balaban J connectivity index is 1.90. The lowest BCUT2D eigenvalue weighted by Gasteiger charge is -2.25. The standard InChI is InChI=1S/C21H25ClN2O3/c1-14(2)19(25)24-17-9-5-15(6-10-17)13-23-20(26)21(3,4)27-18-11-7-16(22)8-12-18/h5-12,14H,13H2,1-4H3,(H,23,26)(H,24,25). The molecule has 0 saturated heterocycles. The van der Waals surface area contributed by atoms with E-state index in [0.29, 0.717) is 17.3 Å². The van der Waals surface area contributed by atoms with Crippen molar-refractivity contribution in [3.8, 4) is 5.75 Å². The van der Waals surface area contributed by atoms with E-state index in [1.165, 1.54) is 0 Å². The Hall–Kier alpha value is -2.53. The first kappa shape index (κ1) is 20.8. The zero-order valence-corrected chi connectivity index (χ0v) is 16.8. The highest BCUT2D eigenvalue weighted by Crippen LogP contribution is 2.21. The molecule has 2 aromatic carbocycles. The molecule has 144 valence electrons. The number of amides is 2. The van der Waals surface area contributed by atoms with Crippen LogP contribution in [-0.2, 0) is 16.1 Å². The SMILES string of the molecule is CC(C)C(=O)Nc1ccc(CNC(=O)C(C)(C)Oc2ccc(Cl)cc2)cc1. The Labute approximate surface area is 165 Å². The minimum absolute atomic E-state index is 0.0304. The number of carbonyl (C=O) groups is 2. The molecule has 0 fully saturated rings. The van der Waals surface area contributed by atoms with Crippen LogP contribution in [0.5, 0.6) is 5.75 Å². The van der Waals surface area contributed by atoms with E-state index in [4.69, 9.17) is 16.3 Å². The Morgan fingerprint density at radius 1 is 1.04 bits per heavy atom. The summed E-state index contributed by atoms with van der Waals surface area (Å²) in [5, 5.41) is 6.31. The molecule has 2 aromatic rings. The second kappa shape index (κ2) is 8.91. The van der Waals surface area contributed by atoms with E-state index in [2.05, 4.69) is 10.6 Å². The summed E-state index contributed by atoms with van der Waals surface area (Å²) >= 11 is 5.86. The lowest BCUT2D eigenvalue weighted by Crippen LogP contribution is -2.46. The number of ether oxygens (including phenoxy) is 1. The van der Waals surface area contributed by atoms with Crippen LogP contribution in [0.15, 0.2) is 48.5 Å². The second-order valence-electron chi connectivity index (χ2n) is 7.09. The van der Waals surface area contributed by atoms with Gasteiger partial charge in [0, 0.05) is 23.2 Å². The van der Waals surface area contributed by atoms with E-state index in [-0.39, 0.29) is 17.7 Å². The summed E-state index contributed by atoms with van der Waals surface area (Å²) in [4.78, 5) is 24.2. The van der Waals surface area contributed by atoms with Crippen LogP contribution in [0.25, 0.3) is 0 Å². The van der Waals surface area contributed by atoms with Gasteiger partial charge in [-0.2, -0.15) is 0 Å². The van der Waals surface area contributed by atoms with E-state index in [9.17, 15) is 9.59 Å². The van der Waals surface area contributed by atoms with Crippen LogP contribution >= 0.6 is 11.6 Å². The fourth-order valence-electron chi connectivity index (χ4n) is 2.23. The van der Waals surface area contributed by atoms with Gasteiger partial charge in [-0.15, -0.1) is 0 Å². The van der Waals surface area contributed by atoms with Crippen molar-refractivity contribution < 1.29 is 14.3 Å². The van der Waals surface area contributed by atoms with Gasteiger partial charge < -0.3 is 15.4 Å². The topological polar surface area (TPSA) is 67.4 Å². The maximum Gasteiger partial charge on any atom is 0.263 e. The first-order chi connectivity index (χ1) is 12.7. The van der Waals surface area contributed by atoms with Crippen molar-refractivity contribution >= 4 is 29.1 Å². The summed E-state index contributed by atoms with van der Waals surface area (Å²) in [6.45, 7) is 7.47. The molecule has 0 heterocycles. The fraction of sp³-hybridized carbons (Fsp3) is 0.333. The summed E-state index contributed by atoms with van der Waals surface area (Å²) in [7, 11) is 0. The van der Waals surface area contributed by atoms with Crippen molar-refractivity contribution in [2.45, 2.75) is 39.8 Å². The van der Waals surface area contributed by atoms with Crippen LogP contribution in [0.4, 0.5) is 5.69 Å². The minimum atomic E-state index is -1.03. The molecule has 0 bridgehead atoms. The van der Waals surface area contributed by atoms with E-state index < -0.39 is 5.60 Å². The largest absolute Gasteiger partial charge is 0.478 e. The maximum atomic E-state index is 12.5. The molecule has 27 heavy (non-hydrogen) atoms. The van der Waals surface area contributed by atoms with E-state index in [0.717, 1.165) is 11.3 Å². The van der Waals surface area contributed by atoms with Gasteiger partial charge in [0.15, 0.2) is 5.60 Å². The predicted molar refractivity (Wildman–Crippen MR) is 108 cm³/mol. The molecule has 0 radical (unpaired) electrons. The molecule has 0 aromatic heterocycles. The summed E-state index contributed by atoms with van der Waals surface area (Å²) in [6.07, 6.45) is 0. The number of hydrogen-bond acceptors (Lipinski definition) is 3. The number of benzene rings is 2. The normalized spacial score (nSPS) is 11.2. The molecule has 0 unspecified atom stereocenters. The van der Waals surface area contributed by atoms with Crippen LogP contribution in [0.3, 0.4) is 0 Å². The van der Waals surface area contributed by atoms with Gasteiger partial charge in [0.05, 0.1) is 0 Å². The second-order valence-corrected chi connectivity index (χ2v) is 7.53. The van der Waals surface area contributed by atoms with Gasteiger partial charge in [-0.25, -0.2) is 0 Å². The average molecular weight is 389 g/mol. The molecule has 0 atom stereocenters. The van der Waals surface area contributed by atoms with Gasteiger partial charge in [0.25, 0.3) is 5.91 Å². The molecule has 2 amide bonds. The molecular weight excluding hydrogens is 364 g/mol. The third kappa shape index (κ3) is 6.29. The summed E-state index contributed by atoms with van der Waals surface area (Å²) in [5.41, 5.74) is 0.627. The minimum Gasteiger partial charge on any atom is -0.478 e. The highest BCUT2D eigenvalue weighted by molar-refractivity contribution is 6.30. The number of hydrogen-bond donors (Lipinski definition) is 2. The Kier molecular flexibility index (Phi) is 6.86. The van der Waals surface area contributed by atoms with Crippen molar-refractivity contribution in [2.75, 3.05) is 5.32 Å². The van der Waals surface area contributed by atoms with Crippen LogP contribution in [0.2, 0.25) is 5.02 Å². The van der Waals surface area contributed by atoms with Crippen molar-refractivity contribution in [3.05, 3.63) is 59.1 Å². The van der Waals surface area contributed by atoms with E-state index in [1.807, 2.05) is 38.1 Å². The molecule has 6 heteroatoms. The molecule has 5 nitrogen and oxygen atoms in total. The van der Waals surface area contributed by atoms with Crippen LogP contribution < -0.4 is 15.4 Å². The number of nitrogens with one attached hydrogen (secondary N) is 2. The fourth-order valence-corrected chi connectivity index (χ4v) is 2.36. The van der Waals surface area contributed by atoms with Crippen LogP contribution in [0, 0.1) is 5.92 Å². The molecule has 2 N–H and O–H groups in total. The van der Waals surface area contributed by atoms with Crippen LogP contribution in [0.1, 0.15) is 33.3 Å². The van der Waals surface area contributed by atoms with Crippen molar-refractivity contribution in [2.24, 2.45) is 5.92 Å². The predicted octanol–water partition coefficient (Wildman–Crippen LogP) is 4.41. The van der Waals surface area contributed by atoms with Crippen molar-refractivity contribution in [1.82, 2.24) is 5.32 Å². The van der Waals surface area contributed by atoms with Gasteiger partial charge in [0.1, 0.15) is 5.75 Å². The summed E-state index contributed by atoms with van der Waals surface area (Å²) in [5.74, 6) is 0.239. The van der Waals surface area contributed by atoms with Gasteiger partial charge in [0.2, 0.25) is 5.91 Å². The molecule has 2 rings (SSSR count). The Bertz CT molecular complexity index is 784. The first-order valence-corrected chi connectivity index (χ1v) is 9.18. The molecule has 0 aliphatic heterocycles. The lowest BCUT2D eigenvalue weighted by atomic mass is 10.1. The van der Waals surface area contributed by atoms with Crippen molar-refractivity contribution in [3.63, 3.8) is 0 Å². The number of halogens is 1. The number of rotatable bonds is 7. The Morgan fingerprint density at radius 3 is 2.19 bits per heavy atom. The lowest BCUT2D eigenvalue weighted by molar-refractivity contribution is -0.134.